The lowest BCUT2D eigenvalue weighted by molar-refractivity contribution is -0.130. The van der Waals surface area contributed by atoms with Gasteiger partial charge in [0.15, 0.2) is 5.78 Å². The molecule has 2 bridgehead atoms. The summed E-state index contributed by atoms with van der Waals surface area (Å²) in [6, 6.07) is 46.6. The molecule has 212 valence electrons. The number of carbonyl (C=O) groups is 3. The third kappa shape index (κ3) is 3.20. The Balaban J connectivity index is 1.55. The number of ketones is 1. The largest absolute Gasteiger partial charge is 0.297 e. The van der Waals surface area contributed by atoms with Crippen molar-refractivity contribution < 1.29 is 14.4 Å². The van der Waals surface area contributed by atoms with Crippen molar-refractivity contribution >= 4 is 34.4 Å². The predicted octanol–water partition coefficient (Wildman–Crippen LogP) is 7.18. The molecule has 1 aliphatic heterocycles. The van der Waals surface area contributed by atoms with Gasteiger partial charge < -0.3 is 0 Å². The van der Waals surface area contributed by atoms with E-state index < -0.39 is 22.7 Å². The highest BCUT2D eigenvalue weighted by molar-refractivity contribution is 6.39. The van der Waals surface area contributed by atoms with Crippen LogP contribution in [-0.4, -0.2) is 17.6 Å². The summed E-state index contributed by atoms with van der Waals surface area (Å²) < 4.78 is 0. The van der Waals surface area contributed by atoms with Gasteiger partial charge in [0.25, 0.3) is 0 Å². The van der Waals surface area contributed by atoms with Gasteiger partial charge in [-0.3, -0.25) is 14.4 Å². The number of anilines is 1. The van der Waals surface area contributed by atoms with Gasteiger partial charge in [-0.1, -0.05) is 139 Å². The van der Waals surface area contributed by atoms with Crippen LogP contribution in [0.25, 0.3) is 11.1 Å². The summed E-state index contributed by atoms with van der Waals surface area (Å²) in [6.45, 7) is 1.97. The van der Waals surface area contributed by atoms with E-state index in [1.54, 1.807) is 0 Å². The third-order valence-corrected chi connectivity index (χ3v) is 9.87. The minimum Gasteiger partial charge on any atom is -0.297 e. The number of rotatable bonds is 5. The van der Waals surface area contributed by atoms with Gasteiger partial charge in [0.2, 0.25) is 11.8 Å². The first kappa shape index (κ1) is 26.3. The molecule has 0 spiro atoms. The minimum absolute atomic E-state index is 0.111. The SMILES string of the molecule is Cc1ccc(N2C(=O)[C@@H]3[C@H](C2=O)[C@@]2(c4ccccc4)C(=O)[C@@]3(c3ccccc3)C(c3ccccc3)=C2c2ccccc2)cc1. The van der Waals surface area contributed by atoms with Crippen LogP contribution >= 0.6 is 0 Å². The molecule has 2 aliphatic carbocycles. The predicted molar refractivity (Wildman–Crippen MR) is 172 cm³/mol. The number of benzene rings is 5. The summed E-state index contributed by atoms with van der Waals surface area (Å²) >= 11 is 0. The van der Waals surface area contributed by atoms with Gasteiger partial charge >= 0.3 is 0 Å². The molecule has 1 saturated heterocycles. The first-order valence-corrected chi connectivity index (χ1v) is 15.0. The second-order valence-corrected chi connectivity index (χ2v) is 12.0. The number of nitrogens with zero attached hydrogens (tertiary/aromatic N) is 1. The zero-order chi connectivity index (χ0) is 30.1. The topological polar surface area (TPSA) is 54.5 Å². The molecule has 0 N–H and O–H groups in total. The first-order chi connectivity index (χ1) is 21.5. The number of imide groups is 1. The zero-order valence-corrected chi connectivity index (χ0v) is 24.2. The molecule has 4 atom stereocenters. The standard InChI is InChI=1S/C40H29NO3/c1-26-22-24-31(25-23-26)41-36(42)34-35(37(41)43)40(30-20-12-5-13-21-30)33(28-16-8-3-9-17-28)32(27-14-6-2-7-15-27)39(34,38(40)44)29-18-10-4-11-19-29/h2-25,34-35H,1H3/t34-,35+,39-,40-/m0/s1. The average molecular weight is 572 g/mol. The van der Waals surface area contributed by atoms with Crippen molar-refractivity contribution in [1.29, 1.82) is 0 Å². The van der Waals surface area contributed by atoms with Gasteiger partial charge in [-0.05, 0) is 52.5 Å². The molecule has 5 aromatic carbocycles. The number of aryl methyl sites for hydroxylation is 1. The van der Waals surface area contributed by atoms with E-state index in [4.69, 9.17) is 0 Å². The van der Waals surface area contributed by atoms with Gasteiger partial charge in [-0.25, -0.2) is 4.90 Å². The van der Waals surface area contributed by atoms with Crippen LogP contribution in [0, 0.1) is 18.8 Å². The van der Waals surface area contributed by atoms with Crippen molar-refractivity contribution in [2.75, 3.05) is 4.90 Å². The fourth-order valence-corrected chi connectivity index (χ4v) is 8.28. The van der Waals surface area contributed by atoms with Gasteiger partial charge in [0, 0.05) is 0 Å². The summed E-state index contributed by atoms with van der Waals surface area (Å²) in [5.41, 5.74) is 3.59. The molecule has 0 aromatic heterocycles. The van der Waals surface area contributed by atoms with Crippen LogP contribution in [0.15, 0.2) is 146 Å². The molecule has 2 fully saturated rings. The normalized spacial score (nSPS) is 25.6. The van der Waals surface area contributed by atoms with Gasteiger partial charge in [0.1, 0.15) is 0 Å². The molecular formula is C40H29NO3. The van der Waals surface area contributed by atoms with E-state index in [0.29, 0.717) is 5.69 Å². The molecule has 2 amide bonds. The Morgan fingerprint density at radius 3 is 1.23 bits per heavy atom. The Labute approximate surface area is 256 Å². The maximum absolute atomic E-state index is 15.8. The summed E-state index contributed by atoms with van der Waals surface area (Å²) in [5.74, 6) is -2.62. The highest BCUT2D eigenvalue weighted by Gasteiger charge is 2.82. The van der Waals surface area contributed by atoms with Crippen LogP contribution in [0.1, 0.15) is 27.8 Å². The number of allylic oxidation sites excluding steroid dienone is 2. The lowest BCUT2D eigenvalue weighted by Crippen LogP contribution is -2.45. The molecule has 1 saturated carbocycles. The monoisotopic (exact) mass is 571 g/mol. The van der Waals surface area contributed by atoms with E-state index in [0.717, 1.165) is 39.0 Å². The van der Waals surface area contributed by atoms with Crippen LogP contribution in [0.5, 0.6) is 0 Å². The van der Waals surface area contributed by atoms with Crippen molar-refractivity contribution in [2.24, 2.45) is 11.8 Å². The number of hydrogen-bond acceptors (Lipinski definition) is 3. The molecule has 4 heteroatoms. The number of amides is 2. The van der Waals surface area contributed by atoms with E-state index in [1.165, 1.54) is 4.90 Å². The molecule has 0 radical (unpaired) electrons. The van der Waals surface area contributed by atoms with Crippen LogP contribution in [0.2, 0.25) is 0 Å². The number of carbonyl (C=O) groups excluding carboxylic acids is 3. The smallest absolute Gasteiger partial charge is 0.239 e. The molecule has 1 heterocycles. The summed E-state index contributed by atoms with van der Waals surface area (Å²) in [5, 5.41) is 0. The second kappa shape index (κ2) is 9.58. The Kier molecular flexibility index (Phi) is 5.73. The molecule has 4 nitrogen and oxygen atoms in total. The summed E-state index contributed by atoms with van der Waals surface area (Å²) in [4.78, 5) is 47.0. The van der Waals surface area contributed by atoms with E-state index in [9.17, 15) is 9.59 Å². The third-order valence-electron chi connectivity index (χ3n) is 9.87. The van der Waals surface area contributed by atoms with Crippen molar-refractivity contribution in [2.45, 2.75) is 17.8 Å². The quantitative estimate of drug-likeness (QED) is 0.210. The molecule has 44 heavy (non-hydrogen) atoms. The lowest BCUT2D eigenvalue weighted by atomic mass is 9.59. The van der Waals surface area contributed by atoms with E-state index in [-0.39, 0.29) is 17.6 Å². The Morgan fingerprint density at radius 1 is 0.477 bits per heavy atom. The van der Waals surface area contributed by atoms with Crippen LogP contribution in [0.3, 0.4) is 0 Å². The highest BCUT2D eigenvalue weighted by Crippen LogP contribution is 2.74. The zero-order valence-electron chi connectivity index (χ0n) is 24.2. The highest BCUT2D eigenvalue weighted by atomic mass is 16.2. The molecule has 5 aromatic rings. The second-order valence-electron chi connectivity index (χ2n) is 12.0. The van der Waals surface area contributed by atoms with Crippen LogP contribution < -0.4 is 4.90 Å². The minimum atomic E-state index is -1.39. The average Bonchev–Trinajstić information content (AvgIpc) is 3.59. The summed E-state index contributed by atoms with van der Waals surface area (Å²) in [6.07, 6.45) is 0. The van der Waals surface area contributed by atoms with E-state index in [1.807, 2.05) is 153 Å². The molecule has 8 rings (SSSR count). The number of fused-ring (bicyclic) bond motifs is 5. The van der Waals surface area contributed by atoms with Crippen molar-refractivity contribution in [1.82, 2.24) is 0 Å². The van der Waals surface area contributed by atoms with Gasteiger partial charge in [-0.2, -0.15) is 0 Å². The van der Waals surface area contributed by atoms with E-state index >= 15 is 4.79 Å². The summed E-state index contributed by atoms with van der Waals surface area (Å²) in [7, 11) is 0. The maximum Gasteiger partial charge on any atom is 0.239 e. The fourth-order valence-electron chi connectivity index (χ4n) is 8.28. The van der Waals surface area contributed by atoms with Gasteiger partial charge in [-0.15, -0.1) is 0 Å². The first-order valence-electron chi connectivity index (χ1n) is 15.0. The van der Waals surface area contributed by atoms with Crippen LogP contribution in [-0.2, 0) is 25.2 Å². The molecule has 3 aliphatic rings. The van der Waals surface area contributed by atoms with Crippen molar-refractivity contribution in [3.8, 4) is 0 Å². The Hall–Kier alpha value is -5.35. The van der Waals surface area contributed by atoms with Gasteiger partial charge in [0.05, 0.1) is 28.4 Å². The van der Waals surface area contributed by atoms with Crippen LogP contribution in [0.4, 0.5) is 5.69 Å². The van der Waals surface area contributed by atoms with Crippen molar-refractivity contribution in [3.05, 3.63) is 173 Å². The fraction of sp³-hybridized carbons (Fsp3) is 0.125. The molecular weight excluding hydrogens is 542 g/mol. The maximum atomic E-state index is 15.8. The Bertz CT molecular complexity index is 1850. The number of Topliss-reactive ketones (excluding diaryl/α,β-unsaturated/α-hetero) is 1. The molecule has 0 unspecified atom stereocenters. The van der Waals surface area contributed by atoms with E-state index in [2.05, 4.69) is 0 Å². The number of hydrogen-bond donors (Lipinski definition) is 0. The Morgan fingerprint density at radius 2 is 0.841 bits per heavy atom. The van der Waals surface area contributed by atoms with Crippen molar-refractivity contribution in [3.63, 3.8) is 0 Å². The lowest BCUT2D eigenvalue weighted by Gasteiger charge is -2.39.